The van der Waals surface area contributed by atoms with Gasteiger partial charge in [0.2, 0.25) is 0 Å². The highest BCUT2D eigenvalue weighted by Crippen LogP contribution is 2.18. The van der Waals surface area contributed by atoms with Gasteiger partial charge in [0.05, 0.1) is 0 Å². The standard InChI is InChI=1S/C12H24N4/c1-10(9-16-6-2-3-7-16)8-14-12(13)15-11-4-5-11/h10-11H,2-9H2,1H3,(H3,13,14,15)/t10-/m0/s1. The van der Waals surface area contributed by atoms with Crippen LogP contribution in [0.1, 0.15) is 32.6 Å². The first-order valence-electron chi connectivity index (χ1n) is 6.53. The SMILES string of the molecule is C[C@@H](CN=C(N)NC1CC1)CN1CCCC1. The lowest BCUT2D eigenvalue weighted by Gasteiger charge is -2.18. The molecule has 0 aromatic rings. The van der Waals surface area contributed by atoms with E-state index in [2.05, 4.69) is 22.1 Å². The summed E-state index contributed by atoms with van der Waals surface area (Å²) in [5.41, 5.74) is 5.80. The molecule has 2 rings (SSSR count). The van der Waals surface area contributed by atoms with Crippen molar-refractivity contribution in [3.8, 4) is 0 Å². The Hall–Kier alpha value is -0.770. The maximum absolute atomic E-state index is 5.80. The number of rotatable bonds is 5. The summed E-state index contributed by atoms with van der Waals surface area (Å²) in [5, 5.41) is 3.22. The molecule has 4 nitrogen and oxygen atoms in total. The molecule has 0 aromatic heterocycles. The fourth-order valence-electron chi connectivity index (χ4n) is 2.20. The first kappa shape index (κ1) is 11.7. The quantitative estimate of drug-likeness (QED) is 0.536. The minimum absolute atomic E-state index is 0.609. The summed E-state index contributed by atoms with van der Waals surface area (Å²) in [5.74, 6) is 1.24. The summed E-state index contributed by atoms with van der Waals surface area (Å²) in [7, 11) is 0. The Kier molecular flexibility index (Phi) is 4.04. The summed E-state index contributed by atoms with van der Waals surface area (Å²) in [6.45, 7) is 6.81. The van der Waals surface area contributed by atoms with Gasteiger partial charge in [0.25, 0.3) is 0 Å². The molecule has 0 amide bonds. The van der Waals surface area contributed by atoms with Crippen molar-refractivity contribution in [3.05, 3.63) is 0 Å². The lowest BCUT2D eigenvalue weighted by molar-refractivity contribution is 0.291. The highest BCUT2D eigenvalue weighted by molar-refractivity contribution is 5.78. The molecule has 0 radical (unpaired) electrons. The Morgan fingerprint density at radius 1 is 1.44 bits per heavy atom. The molecule has 92 valence electrons. The zero-order valence-corrected chi connectivity index (χ0v) is 10.3. The van der Waals surface area contributed by atoms with Crippen molar-refractivity contribution in [3.63, 3.8) is 0 Å². The summed E-state index contributed by atoms with van der Waals surface area (Å²) in [4.78, 5) is 6.94. The molecule has 2 aliphatic rings. The second-order valence-corrected chi connectivity index (χ2v) is 5.26. The number of hydrogen-bond donors (Lipinski definition) is 2. The number of guanidine groups is 1. The van der Waals surface area contributed by atoms with Gasteiger partial charge in [-0.15, -0.1) is 0 Å². The minimum Gasteiger partial charge on any atom is -0.370 e. The molecule has 3 N–H and O–H groups in total. The van der Waals surface area contributed by atoms with Crippen molar-refractivity contribution >= 4 is 5.96 Å². The fraction of sp³-hybridized carbons (Fsp3) is 0.917. The average Bonchev–Trinajstić information content (AvgIpc) is 2.91. The lowest BCUT2D eigenvalue weighted by atomic mass is 10.2. The zero-order chi connectivity index (χ0) is 11.4. The van der Waals surface area contributed by atoms with Crippen LogP contribution in [-0.2, 0) is 0 Å². The van der Waals surface area contributed by atoms with Crippen LogP contribution in [0.25, 0.3) is 0 Å². The predicted molar refractivity (Wildman–Crippen MR) is 67.5 cm³/mol. The predicted octanol–water partition coefficient (Wildman–Crippen LogP) is 0.785. The molecule has 1 atom stereocenters. The van der Waals surface area contributed by atoms with Crippen LogP contribution in [0.5, 0.6) is 0 Å². The molecule has 4 heteroatoms. The van der Waals surface area contributed by atoms with Gasteiger partial charge in [0.1, 0.15) is 0 Å². The molecule has 1 aliphatic heterocycles. The molecular formula is C12H24N4. The molecule has 0 bridgehead atoms. The van der Waals surface area contributed by atoms with Crippen LogP contribution in [0.3, 0.4) is 0 Å². The van der Waals surface area contributed by atoms with Crippen LogP contribution in [0.15, 0.2) is 4.99 Å². The maximum atomic E-state index is 5.80. The molecule has 1 aliphatic carbocycles. The van der Waals surface area contributed by atoms with Crippen molar-refractivity contribution in [2.45, 2.75) is 38.6 Å². The summed E-state index contributed by atoms with van der Waals surface area (Å²) in [6, 6.07) is 0.609. The van der Waals surface area contributed by atoms with Crippen LogP contribution >= 0.6 is 0 Å². The van der Waals surface area contributed by atoms with Crippen LogP contribution < -0.4 is 11.1 Å². The third-order valence-corrected chi connectivity index (χ3v) is 3.27. The van der Waals surface area contributed by atoms with Gasteiger partial charge in [0, 0.05) is 19.1 Å². The van der Waals surface area contributed by atoms with Gasteiger partial charge in [0.15, 0.2) is 5.96 Å². The molecular weight excluding hydrogens is 200 g/mol. The zero-order valence-electron chi connectivity index (χ0n) is 10.3. The van der Waals surface area contributed by atoms with E-state index in [0.717, 1.165) is 6.54 Å². The number of nitrogens with zero attached hydrogens (tertiary/aromatic N) is 2. The van der Waals surface area contributed by atoms with Gasteiger partial charge in [-0.3, -0.25) is 4.99 Å². The van der Waals surface area contributed by atoms with Gasteiger partial charge >= 0.3 is 0 Å². The third-order valence-electron chi connectivity index (χ3n) is 3.27. The monoisotopic (exact) mass is 224 g/mol. The Balaban J connectivity index is 1.63. The maximum Gasteiger partial charge on any atom is 0.188 e. The van der Waals surface area contributed by atoms with Crippen molar-refractivity contribution in [1.82, 2.24) is 10.2 Å². The summed E-state index contributed by atoms with van der Waals surface area (Å²) < 4.78 is 0. The lowest BCUT2D eigenvalue weighted by Crippen LogP contribution is -2.34. The number of hydrogen-bond acceptors (Lipinski definition) is 2. The van der Waals surface area contributed by atoms with Gasteiger partial charge in [-0.05, 0) is 44.7 Å². The number of nitrogens with two attached hydrogens (primary N) is 1. The van der Waals surface area contributed by atoms with Gasteiger partial charge < -0.3 is 16.0 Å². The summed E-state index contributed by atoms with van der Waals surface area (Å²) >= 11 is 0. The van der Waals surface area contributed by atoms with Gasteiger partial charge in [-0.25, -0.2) is 0 Å². The molecule has 16 heavy (non-hydrogen) atoms. The Morgan fingerprint density at radius 2 is 2.12 bits per heavy atom. The van der Waals surface area contributed by atoms with Crippen LogP contribution in [0.4, 0.5) is 0 Å². The normalized spacial score (nSPS) is 24.7. The van der Waals surface area contributed by atoms with Crippen molar-refractivity contribution in [2.75, 3.05) is 26.2 Å². The van der Waals surface area contributed by atoms with E-state index in [9.17, 15) is 0 Å². The summed E-state index contributed by atoms with van der Waals surface area (Å²) in [6.07, 6.45) is 5.22. The molecule has 0 spiro atoms. The van der Waals surface area contributed by atoms with Gasteiger partial charge in [-0.2, -0.15) is 0 Å². The topological polar surface area (TPSA) is 53.6 Å². The first-order valence-corrected chi connectivity index (χ1v) is 6.53. The van der Waals surface area contributed by atoms with E-state index in [1.807, 2.05) is 0 Å². The minimum atomic E-state index is 0.609. The van der Waals surface area contributed by atoms with Crippen molar-refractivity contribution in [2.24, 2.45) is 16.6 Å². The Labute approximate surface area is 98.3 Å². The molecule has 1 saturated heterocycles. The van der Waals surface area contributed by atoms with Crippen LogP contribution in [0, 0.1) is 5.92 Å². The second-order valence-electron chi connectivity index (χ2n) is 5.26. The number of aliphatic imine (C=N–C) groups is 1. The highest BCUT2D eigenvalue weighted by atomic mass is 15.2. The molecule has 0 aromatic carbocycles. The smallest absolute Gasteiger partial charge is 0.188 e. The van der Waals surface area contributed by atoms with E-state index in [1.165, 1.54) is 45.3 Å². The first-order chi connectivity index (χ1) is 7.74. The van der Waals surface area contributed by atoms with Crippen LogP contribution in [0.2, 0.25) is 0 Å². The molecule has 1 saturated carbocycles. The van der Waals surface area contributed by atoms with E-state index >= 15 is 0 Å². The van der Waals surface area contributed by atoms with E-state index in [1.54, 1.807) is 0 Å². The largest absolute Gasteiger partial charge is 0.370 e. The third kappa shape index (κ3) is 4.00. The Bertz CT molecular complexity index is 241. The van der Waals surface area contributed by atoms with E-state index < -0.39 is 0 Å². The van der Waals surface area contributed by atoms with E-state index in [0.29, 0.717) is 17.9 Å². The van der Waals surface area contributed by atoms with Crippen molar-refractivity contribution in [1.29, 1.82) is 0 Å². The number of nitrogens with one attached hydrogen (secondary N) is 1. The van der Waals surface area contributed by atoms with Crippen LogP contribution in [-0.4, -0.2) is 43.1 Å². The van der Waals surface area contributed by atoms with Gasteiger partial charge in [-0.1, -0.05) is 6.92 Å². The fourth-order valence-corrected chi connectivity index (χ4v) is 2.20. The molecule has 1 heterocycles. The van der Waals surface area contributed by atoms with E-state index in [4.69, 9.17) is 5.73 Å². The van der Waals surface area contributed by atoms with Crippen molar-refractivity contribution < 1.29 is 0 Å². The second kappa shape index (κ2) is 5.53. The molecule has 2 fully saturated rings. The highest BCUT2D eigenvalue weighted by Gasteiger charge is 2.21. The number of likely N-dealkylation sites (tertiary alicyclic amines) is 1. The Morgan fingerprint density at radius 3 is 2.75 bits per heavy atom. The van der Waals surface area contributed by atoms with E-state index in [-0.39, 0.29) is 0 Å². The molecule has 0 unspecified atom stereocenters. The average molecular weight is 224 g/mol.